The number of amides is 2. The molecule has 1 saturated heterocycles. The summed E-state index contributed by atoms with van der Waals surface area (Å²) in [6, 6.07) is 5.39. The first-order valence-corrected chi connectivity index (χ1v) is 8.55. The number of benzene rings is 1. The van der Waals surface area contributed by atoms with Gasteiger partial charge in [0.05, 0.1) is 13.2 Å². The predicted molar refractivity (Wildman–Crippen MR) is 94.4 cm³/mol. The number of hydrogen-bond acceptors (Lipinski definition) is 5. The van der Waals surface area contributed by atoms with Gasteiger partial charge in [0, 0.05) is 24.5 Å². The summed E-state index contributed by atoms with van der Waals surface area (Å²) < 4.78 is 43.1. The van der Waals surface area contributed by atoms with Crippen LogP contribution in [0.4, 0.5) is 24.5 Å². The van der Waals surface area contributed by atoms with Gasteiger partial charge >= 0.3 is 6.18 Å². The molecule has 0 spiro atoms. The molecule has 0 radical (unpaired) electrons. The molecule has 1 aromatic rings. The van der Waals surface area contributed by atoms with E-state index in [0.717, 1.165) is 4.90 Å². The highest BCUT2D eigenvalue weighted by molar-refractivity contribution is 5.97. The molecule has 0 unspecified atom stereocenters. The molecule has 1 aliphatic heterocycles. The van der Waals surface area contributed by atoms with Crippen molar-refractivity contribution in [1.29, 1.82) is 0 Å². The Morgan fingerprint density at radius 2 is 2.04 bits per heavy atom. The Labute approximate surface area is 155 Å². The van der Waals surface area contributed by atoms with Crippen LogP contribution in [0.3, 0.4) is 0 Å². The number of hydrogen-bond donors (Lipinski definition) is 2. The van der Waals surface area contributed by atoms with Gasteiger partial charge in [-0.1, -0.05) is 6.92 Å². The molecule has 1 atom stereocenters. The quantitative estimate of drug-likeness (QED) is 0.733. The van der Waals surface area contributed by atoms with Crippen LogP contribution in [0, 0.1) is 0 Å². The molecule has 1 heterocycles. The standard InChI is InChI=1S/C17H23F3N4O3/c1-2-23(11-17(18,19)20)14(9-21)16(26)22-12-3-5-13(6-4-12)24-7-8-27-10-15(24)25/h3-6,14H,2,7-11,21H2,1H3,(H,22,26)/t14-/m0/s1. The Morgan fingerprint density at radius 1 is 1.37 bits per heavy atom. The molecule has 1 fully saturated rings. The molecular formula is C17H23F3N4O3. The molecule has 0 bridgehead atoms. The minimum absolute atomic E-state index is 0.0166. The zero-order valence-electron chi connectivity index (χ0n) is 15.0. The summed E-state index contributed by atoms with van der Waals surface area (Å²) in [4.78, 5) is 26.8. The lowest BCUT2D eigenvalue weighted by Crippen LogP contribution is -2.51. The maximum atomic E-state index is 12.7. The van der Waals surface area contributed by atoms with Gasteiger partial charge in [0.15, 0.2) is 0 Å². The fraction of sp³-hybridized carbons (Fsp3) is 0.529. The number of nitrogens with two attached hydrogens (primary N) is 1. The summed E-state index contributed by atoms with van der Waals surface area (Å²) in [6.45, 7) is 1.01. The van der Waals surface area contributed by atoms with Gasteiger partial charge in [-0.15, -0.1) is 0 Å². The predicted octanol–water partition coefficient (Wildman–Crippen LogP) is 1.20. The van der Waals surface area contributed by atoms with Gasteiger partial charge in [-0.2, -0.15) is 13.2 Å². The lowest BCUT2D eigenvalue weighted by Gasteiger charge is -2.29. The van der Waals surface area contributed by atoms with Gasteiger partial charge in [-0.05, 0) is 30.8 Å². The molecule has 3 N–H and O–H groups in total. The molecule has 0 aromatic heterocycles. The van der Waals surface area contributed by atoms with Crippen LogP contribution in [-0.4, -0.2) is 68.3 Å². The van der Waals surface area contributed by atoms with E-state index in [1.54, 1.807) is 29.2 Å². The first kappa shape index (κ1) is 21.1. The van der Waals surface area contributed by atoms with Crippen LogP contribution in [-0.2, 0) is 14.3 Å². The van der Waals surface area contributed by atoms with Gasteiger partial charge in [-0.25, -0.2) is 0 Å². The van der Waals surface area contributed by atoms with E-state index in [1.807, 2.05) is 0 Å². The highest BCUT2D eigenvalue weighted by Crippen LogP contribution is 2.21. The van der Waals surface area contributed by atoms with Crippen LogP contribution in [0.25, 0.3) is 0 Å². The van der Waals surface area contributed by atoms with Crippen LogP contribution in [0.5, 0.6) is 0 Å². The topological polar surface area (TPSA) is 87.9 Å². The van der Waals surface area contributed by atoms with E-state index < -0.39 is 24.7 Å². The van der Waals surface area contributed by atoms with E-state index in [1.165, 1.54) is 6.92 Å². The van der Waals surface area contributed by atoms with Crippen molar-refractivity contribution in [3.8, 4) is 0 Å². The molecule has 10 heteroatoms. The van der Waals surface area contributed by atoms with Gasteiger partial charge in [-0.3, -0.25) is 14.5 Å². The van der Waals surface area contributed by atoms with Crippen molar-refractivity contribution in [3.05, 3.63) is 24.3 Å². The smallest absolute Gasteiger partial charge is 0.370 e. The summed E-state index contributed by atoms with van der Waals surface area (Å²) in [6.07, 6.45) is -4.42. The Kier molecular flexibility index (Phi) is 7.17. The second-order valence-electron chi connectivity index (χ2n) is 6.06. The third kappa shape index (κ3) is 5.91. The SMILES string of the molecule is CCN(CC(F)(F)F)[C@@H](CN)C(=O)Nc1ccc(N2CCOCC2=O)cc1. The number of nitrogens with zero attached hydrogens (tertiary/aromatic N) is 2. The monoisotopic (exact) mass is 388 g/mol. The molecule has 27 heavy (non-hydrogen) atoms. The van der Waals surface area contributed by atoms with E-state index in [2.05, 4.69) is 5.32 Å². The Morgan fingerprint density at radius 3 is 2.56 bits per heavy atom. The second kappa shape index (κ2) is 9.16. The van der Waals surface area contributed by atoms with Crippen LogP contribution < -0.4 is 16.0 Å². The van der Waals surface area contributed by atoms with Crippen molar-refractivity contribution in [2.24, 2.45) is 5.73 Å². The zero-order chi connectivity index (χ0) is 20.0. The molecule has 1 aliphatic rings. The number of halogens is 3. The molecule has 0 aliphatic carbocycles. The molecule has 150 valence electrons. The second-order valence-corrected chi connectivity index (χ2v) is 6.06. The third-order valence-corrected chi connectivity index (χ3v) is 4.19. The lowest BCUT2D eigenvalue weighted by molar-refractivity contribution is -0.153. The zero-order valence-corrected chi connectivity index (χ0v) is 15.0. The van der Waals surface area contributed by atoms with Gasteiger partial charge < -0.3 is 20.7 Å². The van der Waals surface area contributed by atoms with E-state index in [4.69, 9.17) is 10.5 Å². The van der Waals surface area contributed by atoms with Crippen LogP contribution in [0.15, 0.2) is 24.3 Å². The number of carbonyl (C=O) groups is 2. The van der Waals surface area contributed by atoms with E-state index in [-0.39, 0.29) is 25.6 Å². The van der Waals surface area contributed by atoms with E-state index in [9.17, 15) is 22.8 Å². The van der Waals surface area contributed by atoms with E-state index in [0.29, 0.717) is 24.5 Å². The maximum Gasteiger partial charge on any atom is 0.401 e. The van der Waals surface area contributed by atoms with Crippen LogP contribution in [0.2, 0.25) is 0 Å². The Bertz CT molecular complexity index is 652. The number of alkyl halides is 3. The average Bonchev–Trinajstić information content (AvgIpc) is 2.61. The van der Waals surface area contributed by atoms with E-state index >= 15 is 0 Å². The largest absolute Gasteiger partial charge is 0.401 e. The summed E-state index contributed by atoms with van der Waals surface area (Å²) in [5, 5.41) is 2.58. The first-order valence-electron chi connectivity index (χ1n) is 8.55. The maximum absolute atomic E-state index is 12.7. The minimum Gasteiger partial charge on any atom is -0.370 e. The molecular weight excluding hydrogens is 365 g/mol. The fourth-order valence-corrected chi connectivity index (χ4v) is 2.84. The van der Waals surface area contributed by atoms with Crippen LogP contribution in [0.1, 0.15) is 6.92 Å². The Hall–Kier alpha value is -2.17. The van der Waals surface area contributed by atoms with Crippen molar-refractivity contribution in [3.63, 3.8) is 0 Å². The molecule has 2 amide bonds. The first-order chi connectivity index (χ1) is 12.7. The minimum atomic E-state index is -4.42. The van der Waals surface area contributed by atoms with Crippen LogP contribution >= 0.6 is 0 Å². The number of morpholine rings is 1. The van der Waals surface area contributed by atoms with Crippen molar-refractivity contribution in [2.75, 3.05) is 49.6 Å². The average molecular weight is 388 g/mol. The number of ether oxygens (including phenoxy) is 1. The number of carbonyl (C=O) groups excluding carboxylic acids is 2. The van der Waals surface area contributed by atoms with Gasteiger partial charge in [0.1, 0.15) is 12.6 Å². The number of nitrogens with one attached hydrogen (secondary N) is 1. The lowest BCUT2D eigenvalue weighted by atomic mass is 10.2. The van der Waals surface area contributed by atoms with Crippen molar-refractivity contribution in [2.45, 2.75) is 19.1 Å². The van der Waals surface area contributed by atoms with Gasteiger partial charge in [0.2, 0.25) is 5.91 Å². The molecule has 2 rings (SSSR count). The molecule has 7 nitrogen and oxygen atoms in total. The highest BCUT2D eigenvalue weighted by Gasteiger charge is 2.35. The van der Waals surface area contributed by atoms with Crippen molar-refractivity contribution >= 4 is 23.2 Å². The number of rotatable bonds is 7. The Balaban J connectivity index is 2.04. The van der Waals surface area contributed by atoms with Gasteiger partial charge in [0.25, 0.3) is 5.91 Å². The summed E-state index contributed by atoms with van der Waals surface area (Å²) in [7, 11) is 0. The number of likely N-dealkylation sites (N-methyl/N-ethyl adjacent to an activating group) is 1. The molecule has 1 aromatic carbocycles. The highest BCUT2D eigenvalue weighted by atomic mass is 19.4. The number of anilines is 2. The van der Waals surface area contributed by atoms with Crippen molar-refractivity contribution in [1.82, 2.24) is 4.90 Å². The van der Waals surface area contributed by atoms with Crippen molar-refractivity contribution < 1.29 is 27.5 Å². The fourth-order valence-electron chi connectivity index (χ4n) is 2.84. The summed E-state index contributed by atoms with van der Waals surface area (Å²) >= 11 is 0. The third-order valence-electron chi connectivity index (χ3n) is 4.19. The molecule has 0 saturated carbocycles. The summed E-state index contributed by atoms with van der Waals surface area (Å²) in [5.74, 6) is -0.772. The normalized spacial score (nSPS) is 16.5. The summed E-state index contributed by atoms with van der Waals surface area (Å²) in [5.41, 5.74) is 6.60.